The molecule has 0 saturated heterocycles. The first kappa shape index (κ1) is 29.9. The van der Waals surface area contributed by atoms with Crippen LogP contribution in [0.2, 0.25) is 10.0 Å². The van der Waals surface area contributed by atoms with Crippen molar-refractivity contribution in [3.63, 3.8) is 0 Å². The fourth-order valence-corrected chi connectivity index (χ4v) is 5.72. The second-order valence-corrected chi connectivity index (χ2v) is 12.0. The summed E-state index contributed by atoms with van der Waals surface area (Å²) in [5.74, 6) is -0.236. The standard InChI is InChI=1S/C26H33Cl2N3O6S/c1-17(26(33)29-20-7-5-6-8-20)30(15-18-9-10-19(27)13-22(18)28)25(32)16-31(38(4,34)35)23-12-11-21(36-2)14-24(23)37-3/h9-14,17,20H,5-8,15-16H2,1-4H3,(H,29,33)/t17-/m1/s1. The van der Waals surface area contributed by atoms with E-state index in [1.165, 1.54) is 31.3 Å². The van der Waals surface area contributed by atoms with Gasteiger partial charge < -0.3 is 19.7 Å². The third-order valence-corrected chi connectivity index (χ3v) is 8.27. The molecule has 0 spiro atoms. The van der Waals surface area contributed by atoms with Gasteiger partial charge in [0.1, 0.15) is 24.1 Å². The van der Waals surface area contributed by atoms with Crippen molar-refractivity contribution in [2.75, 3.05) is 31.3 Å². The van der Waals surface area contributed by atoms with Crippen LogP contribution in [-0.2, 0) is 26.2 Å². The smallest absolute Gasteiger partial charge is 0.244 e. The number of sulfonamides is 1. The lowest BCUT2D eigenvalue weighted by molar-refractivity contribution is -0.139. The van der Waals surface area contributed by atoms with Crippen molar-refractivity contribution in [1.82, 2.24) is 10.2 Å². The van der Waals surface area contributed by atoms with Crippen LogP contribution in [0.5, 0.6) is 11.5 Å². The summed E-state index contributed by atoms with van der Waals surface area (Å²) < 4.78 is 37.2. The topological polar surface area (TPSA) is 105 Å². The number of ether oxygens (including phenoxy) is 2. The van der Waals surface area contributed by atoms with Crippen molar-refractivity contribution in [1.29, 1.82) is 0 Å². The Kier molecular flexibility index (Phi) is 10.1. The highest BCUT2D eigenvalue weighted by molar-refractivity contribution is 7.92. The van der Waals surface area contributed by atoms with Gasteiger partial charge in [0, 0.05) is 28.7 Å². The number of halogens is 2. The summed E-state index contributed by atoms with van der Waals surface area (Å²) in [6.07, 6.45) is 4.84. The van der Waals surface area contributed by atoms with Gasteiger partial charge in [0.2, 0.25) is 21.8 Å². The molecule has 208 valence electrons. The molecule has 0 aliphatic heterocycles. The van der Waals surface area contributed by atoms with E-state index in [0.29, 0.717) is 21.4 Å². The second-order valence-electron chi connectivity index (χ2n) is 9.23. The lowest BCUT2D eigenvalue weighted by atomic mass is 10.1. The number of rotatable bonds is 11. The number of methoxy groups -OCH3 is 2. The first-order valence-electron chi connectivity index (χ1n) is 12.2. The highest BCUT2D eigenvalue weighted by atomic mass is 35.5. The van der Waals surface area contributed by atoms with E-state index in [0.717, 1.165) is 36.2 Å². The molecule has 3 rings (SSSR count). The molecule has 2 aromatic carbocycles. The van der Waals surface area contributed by atoms with Crippen LogP contribution in [0.4, 0.5) is 5.69 Å². The Morgan fingerprint density at radius 2 is 1.76 bits per heavy atom. The minimum atomic E-state index is -3.93. The molecule has 0 aromatic heterocycles. The third-order valence-electron chi connectivity index (χ3n) is 6.56. The van der Waals surface area contributed by atoms with E-state index in [9.17, 15) is 18.0 Å². The summed E-state index contributed by atoms with van der Waals surface area (Å²) in [6, 6.07) is 8.63. The number of hydrogen-bond acceptors (Lipinski definition) is 6. The summed E-state index contributed by atoms with van der Waals surface area (Å²) >= 11 is 12.4. The van der Waals surface area contributed by atoms with E-state index in [2.05, 4.69) is 5.32 Å². The molecular weight excluding hydrogens is 553 g/mol. The molecule has 1 N–H and O–H groups in total. The number of nitrogens with one attached hydrogen (secondary N) is 1. The van der Waals surface area contributed by atoms with E-state index in [1.54, 1.807) is 31.2 Å². The zero-order chi connectivity index (χ0) is 28.0. The van der Waals surface area contributed by atoms with E-state index >= 15 is 0 Å². The van der Waals surface area contributed by atoms with Crippen molar-refractivity contribution < 1.29 is 27.5 Å². The van der Waals surface area contributed by atoms with Crippen LogP contribution in [-0.4, -0.2) is 64.2 Å². The van der Waals surface area contributed by atoms with Gasteiger partial charge >= 0.3 is 0 Å². The highest BCUT2D eigenvalue weighted by Gasteiger charge is 2.32. The maximum absolute atomic E-state index is 13.8. The van der Waals surface area contributed by atoms with Crippen LogP contribution in [0.15, 0.2) is 36.4 Å². The number of hydrogen-bond donors (Lipinski definition) is 1. The average Bonchev–Trinajstić information content (AvgIpc) is 3.38. The van der Waals surface area contributed by atoms with Crippen molar-refractivity contribution in [3.05, 3.63) is 52.0 Å². The maximum Gasteiger partial charge on any atom is 0.244 e. The molecule has 0 heterocycles. The Labute approximate surface area is 234 Å². The van der Waals surface area contributed by atoms with E-state index < -0.39 is 28.5 Å². The Morgan fingerprint density at radius 3 is 2.34 bits per heavy atom. The molecule has 2 amide bonds. The van der Waals surface area contributed by atoms with E-state index in [-0.39, 0.29) is 29.9 Å². The average molecular weight is 587 g/mol. The molecule has 1 saturated carbocycles. The van der Waals surface area contributed by atoms with Crippen LogP contribution in [0, 0.1) is 0 Å². The molecule has 1 aliphatic carbocycles. The van der Waals surface area contributed by atoms with Crippen molar-refractivity contribution in [3.8, 4) is 11.5 Å². The van der Waals surface area contributed by atoms with Gasteiger partial charge in [-0.25, -0.2) is 8.42 Å². The molecular formula is C26H33Cl2N3O6S. The van der Waals surface area contributed by atoms with Gasteiger partial charge in [-0.2, -0.15) is 0 Å². The van der Waals surface area contributed by atoms with Crippen molar-refractivity contribution in [2.45, 2.75) is 51.2 Å². The summed E-state index contributed by atoms with van der Waals surface area (Å²) in [7, 11) is -1.06. The van der Waals surface area contributed by atoms with Gasteiger partial charge in [-0.1, -0.05) is 42.1 Å². The number of amides is 2. The molecule has 9 nitrogen and oxygen atoms in total. The predicted molar refractivity (Wildman–Crippen MR) is 149 cm³/mol. The molecule has 0 radical (unpaired) electrons. The first-order chi connectivity index (χ1) is 17.9. The normalized spacial score (nSPS) is 14.6. The van der Waals surface area contributed by atoms with Crippen molar-refractivity contribution in [2.24, 2.45) is 0 Å². The summed E-state index contributed by atoms with van der Waals surface area (Å²) in [4.78, 5) is 28.3. The Balaban J connectivity index is 1.95. The van der Waals surface area contributed by atoms with Crippen LogP contribution in [0.3, 0.4) is 0 Å². The van der Waals surface area contributed by atoms with Gasteiger partial charge in [0.15, 0.2) is 0 Å². The van der Waals surface area contributed by atoms with E-state index in [1.807, 2.05) is 0 Å². The summed E-state index contributed by atoms with van der Waals surface area (Å²) in [5.41, 5.74) is 0.731. The lowest BCUT2D eigenvalue weighted by Crippen LogP contribution is -2.52. The van der Waals surface area contributed by atoms with Crippen LogP contribution < -0.4 is 19.1 Å². The largest absolute Gasteiger partial charge is 0.497 e. The van der Waals surface area contributed by atoms with Gasteiger partial charge in [-0.15, -0.1) is 0 Å². The number of anilines is 1. The predicted octanol–water partition coefficient (Wildman–Crippen LogP) is 4.25. The molecule has 1 aliphatic rings. The zero-order valence-corrected chi connectivity index (χ0v) is 24.2. The van der Waals surface area contributed by atoms with Gasteiger partial charge in [0.25, 0.3) is 0 Å². The first-order valence-corrected chi connectivity index (χ1v) is 14.8. The zero-order valence-electron chi connectivity index (χ0n) is 21.9. The fraction of sp³-hybridized carbons (Fsp3) is 0.462. The summed E-state index contributed by atoms with van der Waals surface area (Å²) in [6.45, 7) is 1.03. The molecule has 12 heteroatoms. The number of carbonyl (C=O) groups is 2. The van der Waals surface area contributed by atoms with Gasteiger partial charge in [-0.05, 0) is 49.6 Å². The van der Waals surface area contributed by atoms with Crippen LogP contribution in [0.25, 0.3) is 0 Å². The minimum absolute atomic E-state index is 0.0224. The van der Waals surface area contributed by atoms with Crippen molar-refractivity contribution >= 4 is 50.7 Å². The molecule has 1 fully saturated rings. The SMILES string of the molecule is COc1ccc(N(CC(=O)N(Cc2ccc(Cl)cc2Cl)[C@H](C)C(=O)NC2CCCC2)S(C)(=O)=O)c(OC)c1. The van der Waals surface area contributed by atoms with E-state index in [4.69, 9.17) is 32.7 Å². The Morgan fingerprint density at radius 1 is 1.08 bits per heavy atom. The number of nitrogens with zero attached hydrogens (tertiary/aromatic N) is 2. The monoisotopic (exact) mass is 585 g/mol. The quantitative estimate of drug-likeness (QED) is 0.422. The third kappa shape index (κ3) is 7.45. The van der Waals surface area contributed by atoms with Gasteiger partial charge in [-0.3, -0.25) is 13.9 Å². The highest BCUT2D eigenvalue weighted by Crippen LogP contribution is 2.34. The number of carbonyl (C=O) groups excluding carboxylic acids is 2. The van der Waals surface area contributed by atoms with Gasteiger partial charge in [0.05, 0.1) is 26.2 Å². The van der Waals surface area contributed by atoms with Crippen LogP contribution in [0.1, 0.15) is 38.2 Å². The summed E-state index contributed by atoms with van der Waals surface area (Å²) in [5, 5.41) is 3.78. The second kappa shape index (κ2) is 12.9. The molecule has 38 heavy (non-hydrogen) atoms. The molecule has 0 unspecified atom stereocenters. The lowest BCUT2D eigenvalue weighted by Gasteiger charge is -2.32. The maximum atomic E-state index is 13.8. The van der Waals surface area contributed by atoms with Crippen LogP contribution >= 0.6 is 23.2 Å². The molecule has 2 aromatic rings. The molecule has 0 bridgehead atoms. The Bertz CT molecular complexity index is 1270. The minimum Gasteiger partial charge on any atom is -0.497 e. The number of benzene rings is 2. The Hall–Kier alpha value is -2.69. The fourth-order valence-electron chi connectivity index (χ4n) is 4.39. The molecule has 1 atom stereocenters.